The Balaban J connectivity index is 2.23. The van der Waals surface area contributed by atoms with Gasteiger partial charge in [-0.2, -0.15) is 0 Å². The fourth-order valence-electron chi connectivity index (χ4n) is 1.84. The normalized spacial score (nSPS) is 10.9. The molecule has 100 valence electrons. The number of hydrogen-bond donors (Lipinski definition) is 0. The number of aromatic nitrogens is 3. The van der Waals surface area contributed by atoms with Gasteiger partial charge in [0.1, 0.15) is 5.82 Å². The summed E-state index contributed by atoms with van der Waals surface area (Å²) in [5.41, 5.74) is 0.407. The van der Waals surface area contributed by atoms with Gasteiger partial charge in [-0.25, -0.2) is 13.9 Å². The summed E-state index contributed by atoms with van der Waals surface area (Å²) in [5, 5.41) is 15.0. The van der Waals surface area contributed by atoms with Crippen LogP contribution in [0.4, 0.5) is 10.1 Å². The van der Waals surface area contributed by atoms with Crippen LogP contribution in [-0.2, 0) is 0 Å². The maximum atomic E-state index is 13.4. The largest absolute Gasteiger partial charge is 0.313 e. The summed E-state index contributed by atoms with van der Waals surface area (Å²) in [6, 6.07) is 7.07. The van der Waals surface area contributed by atoms with Crippen molar-refractivity contribution in [1.29, 1.82) is 0 Å². The standard InChI is InChI=1S/C12H6BrFN4O2/c13-8-4-7(5-9(14)6-8)11-15-12-10(18(19)20)2-1-3-17(12)16-11/h1-6H. The highest BCUT2D eigenvalue weighted by atomic mass is 79.9. The van der Waals surface area contributed by atoms with E-state index < -0.39 is 10.7 Å². The van der Waals surface area contributed by atoms with Crippen molar-refractivity contribution in [1.82, 2.24) is 14.6 Å². The Bertz CT molecular complexity index is 813. The van der Waals surface area contributed by atoms with Gasteiger partial charge in [0, 0.05) is 22.3 Å². The molecular weight excluding hydrogens is 331 g/mol. The van der Waals surface area contributed by atoms with Crippen molar-refractivity contribution in [2.24, 2.45) is 0 Å². The van der Waals surface area contributed by atoms with Crippen LogP contribution in [0.25, 0.3) is 17.0 Å². The third kappa shape index (κ3) is 2.14. The van der Waals surface area contributed by atoms with Gasteiger partial charge in [-0.1, -0.05) is 15.9 Å². The SMILES string of the molecule is O=[N+]([O-])c1cccn2nc(-c3cc(F)cc(Br)c3)nc12. The molecule has 8 heteroatoms. The van der Waals surface area contributed by atoms with Gasteiger partial charge in [0.25, 0.3) is 0 Å². The van der Waals surface area contributed by atoms with Gasteiger partial charge in [0.05, 0.1) is 4.92 Å². The Hall–Kier alpha value is -2.35. The van der Waals surface area contributed by atoms with Gasteiger partial charge in [-0.3, -0.25) is 10.1 Å². The van der Waals surface area contributed by atoms with Gasteiger partial charge in [-0.15, -0.1) is 5.10 Å². The number of hydrogen-bond acceptors (Lipinski definition) is 4. The highest BCUT2D eigenvalue weighted by Gasteiger charge is 2.17. The lowest BCUT2D eigenvalue weighted by Gasteiger charge is -1.96. The zero-order valence-corrected chi connectivity index (χ0v) is 11.4. The fourth-order valence-corrected chi connectivity index (χ4v) is 2.31. The third-order valence-corrected chi connectivity index (χ3v) is 3.12. The predicted octanol–water partition coefficient (Wildman–Crippen LogP) is 3.21. The van der Waals surface area contributed by atoms with E-state index in [2.05, 4.69) is 26.0 Å². The molecule has 0 atom stereocenters. The van der Waals surface area contributed by atoms with Crippen LogP contribution in [0, 0.1) is 15.9 Å². The van der Waals surface area contributed by atoms with Crippen LogP contribution >= 0.6 is 15.9 Å². The van der Waals surface area contributed by atoms with Crippen molar-refractivity contribution in [2.75, 3.05) is 0 Å². The van der Waals surface area contributed by atoms with Crippen LogP contribution in [-0.4, -0.2) is 19.5 Å². The maximum Gasteiger partial charge on any atom is 0.313 e. The molecule has 3 rings (SSSR count). The molecule has 6 nitrogen and oxygen atoms in total. The third-order valence-electron chi connectivity index (χ3n) is 2.66. The molecule has 0 aliphatic heterocycles. The van der Waals surface area contributed by atoms with Gasteiger partial charge >= 0.3 is 5.69 Å². The molecule has 0 spiro atoms. The Morgan fingerprint density at radius 1 is 1.35 bits per heavy atom. The number of nitrogens with zero attached hydrogens (tertiary/aromatic N) is 4. The van der Waals surface area contributed by atoms with Gasteiger partial charge < -0.3 is 0 Å². The highest BCUT2D eigenvalue weighted by molar-refractivity contribution is 9.10. The monoisotopic (exact) mass is 336 g/mol. The minimum Gasteiger partial charge on any atom is -0.258 e. The molecule has 0 aliphatic carbocycles. The minimum absolute atomic E-state index is 0.118. The van der Waals surface area contributed by atoms with Crippen molar-refractivity contribution < 1.29 is 9.31 Å². The highest BCUT2D eigenvalue weighted by Crippen LogP contribution is 2.25. The van der Waals surface area contributed by atoms with Crippen LogP contribution in [0.3, 0.4) is 0 Å². The zero-order chi connectivity index (χ0) is 14.3. The van der Waals surface area contributed by atoms with E-state index in [1.54, 1.807) is 12.3 Å². The summed E-state index contributed by atoms with van der Waals surface area (Å²) in [6.45, 7) is 0. The van der Waals surface area contributed by atoms with E-state index in [1.165, 1.54) is 28.8 Å². The first-order chi connectivity index (χ1) is 9.54. The van der Waals surface area contributed by atoms with Crippen molar-refractivity contribution in [3.63, 3.8) is 0 Å². The van der Waals surface area contributed by atoms with Crippen molar-refractivity contribution in [3.8, 4) is 11.4 Å². The van der Waals surface area contributed by atoms with E-state index in [9.17, 15) is 14.5 Å². The van der Waals surface area contributed by atoms with E-state index in [4.69, 9.17) is 0 Å². The van der Waals surface area contributed by atoms with Crippen LogP contribution in [0.15, 0.2) is 41.0 Å². The molecule has 0 fully saturated rings. The number of halogens is 2. The number of fused-ring (bicyclic) bond motifs is 1. The Labute approximate surface area is 120 Å². The summed E-state index contributed by atoms with van der Waals surface area (Å²) in [4.78, 5) is 14.5. The molecule has 1 aromatic carbocycles. The average molecular weight is 337 g/mol. The molecule has 0 saturated carbocycles. The molecule has 0 unspecified atom stereocenters. The zero-order valence-electron chi connectivity index (χ0n) is 9.83. The van der Waals surface area contributed by atoms with E-state index in [0.29, 0.717) is 10.0 Å². The van der Waals surface area contributed by atoms with Crippen LogP contribution in [0.5, 0.6) is 0 Å². The van der Waals surface area contributed by atoms with Crippen LogP contribution < -0.4 is 0 Å². The molecular formula is C12H6BrFN4O2. The smallest absolute Gasteiger partial charge is 0.258 e. The number of pyridine rings is 1. The molecule has 0 saturated heterocycles. The molecule has 2 aromatic heterocycles. The van der Waals surface area contributed by atoms with E-state index in [-0.39, 0.29) is 17.2 Å². The second kappa shape index (κ2) is 4.64. The first-order valence-corrected chi connectivity index (χ1v) is 6.30. The molecule has 0 radical (unpaired) electrons. The van der Waals surface area contributed by atoms with Crippen molar-refractivity contribution in [2.45, 2.75) is 0 Å². The molecule has 0 N–H and O–H groups in total. The fraction of sp³-hybridized carbons (Fsp3) is 0. The first kappa shape index (κ1) is 12.7. The summed E-state index contributed by atoms with van der Waals surface area (Å²) in [5.74, 6) is -0.220. The summed E-state index contributed by atoms with van der Waals surface area (Å²) in [6.07, 6.45) is 1.55. The molecule has 20 heavy (non-hydrogen) atoms. The average Bonchev–Trinajstić information content (AvgIpc) is 2.80. The quantitative estimate of drug-likeness (QED) is 0.532. The summed E-state index contributed by atoms with van der Waals surface area (Å²) < 4.78 is 15.2. The molecule has 0 bridgehead atoms. The van der Waals surface area contributed by atoms with Crippen LogP contribution in [0.2, 0.25) is 0 Å². The summed E-state index contributed by atoms with van der Waals surface area (Å²) in [7, 11) is 0. The Kier molecular flexibility index (Phi) is 2.94. The Morgan fingerprint density at radius 3 is 2.85 bits per heavy atom. The van der Waals surface area contributed by atoms with Crippen molar-refractivity contribution in [3.05, 3.63) is 56.9 Å². The minimum atomic E-state index is -0.532. The van der Waals surface area contributed by atoms with Crippen LogP contribution in [0.1, 0.15) is 0 Å². The van der Waals surface area contributed by atoms with E-state index >= 15 is 0 Å². The molecule has 0 aliphatic rings. The topological polar surface area (TPSA) is 73.3 Å². The first-order valence-electron chi connectivity index (χ1n) is 5.51. The van der Waals surface area contributed by atoms with E-state index in [0.717, 1.165) is 0 Å². The second-order valence-electron chi connectivity index (χ2n) is 4.01. The number of nitro groups is 1. The maximum absolute atomic E-state index is 13.4. The van der Waals surface area contributed by atoms with E-state index in [1.807, 2.05) is 0 Å². The predicted molar refractivity (Wildman–Crippen MR) is 72.7 cm³/mol. The lowest BCUT2D eigenvalue weighted by atomic mass is 10.2. The van der Waals surface area contributed by atoms with Gasteiger partial charge in [0.2, 0.25) is 5.65 Å². The Morgan fingerprint density at radius 2 is 2.15 bits per heavy atom. The lowest BCUT2D eigenvalue weighted by molar-refractivity contribution is -0.383. The number of rotatable bonds is 2. The molecule has 0 amide bonds. The second-order valence-corrected chi connectivity index (χ2v) is 4.93. The number of benzene rings is 1. The van der Waals surface area contributed by atoms with Gasteiger partial charge in [-0.05, 0) is 24.3 Å². The molecule has 2 heterocycles. The van der Waals surface area contributed by atoms with Crippen molar-refractivity contribution >= 4 is 27.3 Å². The lowest BCUT2D eigenvalue weighted by Crippen LogP contribution is -1.93. The molecule has 3 aromatic rings. The van der Waals surface area contributed by atoms with Gasteiger partial charge in [0.15, 0.2) is 5.82 Å². The summed E-state index contributed by atoms with van der Waals surface area (Å²) >= 11 is 3.18.